The molecule has 2 atom stereocenters. The zero-order chi connectivity index (χ0) is 11.4. The van der Waals surface area contributed by atoms with Crippen LogP contribution in [0.3, 0.4) is 0 Å². The SMILES string of the molecule is CC(C)[C@H](N)C(=O)N1CCOC(CO)C1. The van der Waals surface area contributed by atoms with Crippen LogP contribution in [-0.2, 0) is 9.53 Å². The molecule has 0 aromatic rings. The number of rotatable bonds is 3. The van der Waals surface area contributed by atoms with E-state index in [2.05, 4.69) is 0 Å². The number of amides is 1. The van der Waals surface area contributed by atoms with Gasteiger partial charge in [-0.3, -0.25) is 4.79 Å². The Hall–Kier alpha value is -0.650. The highest BCUT2D eigenvalue weighted by atomic mass is 16.5. The Labute approximate surface area is 90.2 Å². The largest absolute Gasteiger partial charge is 0.394 e. The standard InChI is InChI=1S/C10H20N2O3/c1-7(2)9(11)10(14)12-3-4-15-8(5-12)6-13/h7-9,13H,3-6,11H2,1-2H3/t8?,9-/m0/s1. The van der Waals surface area contributed by atoms with Gasteiger partial charge in [0.1, 0.15) is 0 Å². The smallest absolute Gasteiger partial charge is 0.239 e. The molecule has 3 N–H and O–H groups in total. The van der Waals surface area contributed by atoms with E-state index in [9.17, 15) is 4.79 Å². The summed E-state index contributed by atoms with van der Waals surface area (Å²) in [4.78, 5) is 13.5. The minimum atomic E-state index is -0.456. The maximum absolute atomic E-state index is 11.9. The maximum Gasteiger partial charge on any atom is 0.239 e. The van der Waals surface area contributed by atoms with Crippen LogP contribution in [0.1, 0.15) is 13.8 Å². The molecule has 5 heteroatoms. The van der Waals surface area contributed by atoms with Crippen LogP contribution in [0, 0.1) is 5.92 Å². The highest BCUT2D eigenvalue weighted by molar-refractivity contribution is 5.82. The van der Waals surface area contributed by atoms with Crippen LogP contribution in [0.25, 0.3) is 0 Å². The van der Waals surface area contributed by atoms with Crippen molar-refractivity contribution in [2.24, 2.45) is 11.7 Å². The van der Waals surface area contributed by atoms with Gasteiger partial charge in [-0.1, -0.05) is 13.8 Å². The molecule has 1 unspecified atom stereocenters. The van der Waals surface area contributed by atoms with Crippen LogP contribution in [0.15, 0.2) is 0 Å². The van der Waals surface area contributed by atoms with Crippen LogP contribution in [0.4, 0.5) is 0 Å². The summed E-state index contributed by atoms with van der Waals surface area (Å²) in [6.07, 6.45) is -0.262. The van der Waals surface area contributed by atoms with Crippen LogP contribution < -0.4 is 5.73 Å². The normalized spacial score (nSPS) is 24.3. The zero-order valence-corrected chi connectivity index (χ0v) is 9.35. The van der Waals surface area contributed by atoms with Crippen molar-refractivity contribution in [1.82, 2.24) is 4.90 Å². The highest BCUT2D eigenvalue weighted by Gasteiger charge is 2.28. The molecular weight excluding hydrogens is 196 g/mol. The second kappa shape index (κ2) is 5.44. The summed E-state index contributed by atoms with van der Waals surface area (Å²) >= 11 is 0. The lowest BCUT2D eigenvalue weighted by atomic mass is 10.0. The first-order chi connectivity index (χ1) is 7.06. The first-order valence-electron chi connectivity index (χ1n) is 5.33. The third-order valence-electron chi connectivity index (χ3n) is 2.66. The molecule has 1 amide bonds. The molecule has 0 aromatic heterocycles. The summed E-state index contributed by atoms with van der Waals surface area (Å²) in [6, 6.07) is -0.456. The average molecular weight is 216 g/mol. The van der Waals surface area contributed by atoms with Gasteiger partial charge in [-0.2, -0.15) is 0 Å². The summed E-state index contributed by atoms with van der Waals surface area (Å²) in [5.41, 5.74) is 5.78. The minimum Gasteiger partial charge on any atom is -0.394 e. The predicted octanol–water partition coefficient (Wildman–Crippen LogP) is -0.811. The van der Waals surface area contributed by atoms with E-state index in [-0.39, 0.29) is 24.5 Å². The fourth-order valence-corrected chi connectivity index (χ4v) is 1.53. The van der Waals surface area contributed by atoms with Crippen molar-refractivity contribution in [2.45, 2.75) is 26.0 Å². The summed E-state index contributed by atoms with van der Waals surface area (Å²) < 4.78 is 5.26. The number of nitrogens with two attached hydrogens (primary N) is 1. The summed E-state index contributed by atoms with van der Waals surface area (Å²) in [5, 5.41) is 8.94. The van der Waals surface area contributed by atoms with Crippen molar-refractivity contribution in [3.05, 3.63) is 0 Å². The number of nitrogens with zero attached hydrogens (tertiary/aromatic N) is 1. The third-order valence-corrected chi connectivity index (χ3v) is 2.66. The molecule has 0 bridgehead atoms. The van der Waals surface area contributed by atoms with Gasteiger partial charge in [0.25, 0.3) is 0 Å². The van der Waals surface area contributed by atoms with Gasteiger partial charge in [-0.15, -0.1) is 0 Å². The molecular formula is C10H20N2O3. The Kier molecular flexibility index (Phi) is 4.50. The maximum atomic E-state index is 11.9. The molecule has 0 aliphatic carbocycles. The number of hydrogen-bond donors (Lipinski definition) is 2. The molecule has 88 valence electrons. The molecule has 1 aliphatic heterocycles. The Morgan fingerprint density at radius 2 is 2.33 bits per heavy atom. The highest BCUT2D eigenvalue weighted by Crippen LogP contribution is 2.09. The Bertz CT molecular complexity index is 221. The average Bonchev–Trinajstić information content (AvgIpc) is 2.27. The number of carbonyl (C=O) groups excluding carboxylic acids is 1. The number of aliphatic hydroxyl groups excluding tert-OH is 1. The number of aliphatic hydroxyl groups is 1. The van der Waals surface area contributed by atoms with E-state index in [1.807, 2.05) is 13.8 Å². The summed E-state index contributed by atoms with van der Waals surface area (Å²) in [6.45, 7) is 5.27. The number of morpholine rings is 1. The lowest BCUT2D eigenvalue weighted by molar-refractivity contribution is -0.142. The first-order valence-corrected chi connectivity index (χ1v) is 5.33. The molecule has 1 aliphatic rings. The van der Waals surface area contributed by atoms with Gasteiger partial charge in [-0.05, 0) is 5.92 Å². The number of ether oxygens (including phenoxy) is 1. The summed E-state index contributed by atoms with van der Waals surface area (Å²) in [5.74, 6) is 0.0830. The van der Waals surface area contributed by atoms with Gasteiger partial charge in [-0.25, -0.2) is 0 Å². The topological polar surface area (TPSA) is 75.8 Å². The number of carbonyl (C=O) groups is 1. The fraction of sp³-hybridized carbons (Fsp3) is 0.900. The van der Waals surface area contributed by atoms with E-state index in [1.54, 1.807) is 4.90 Å². The van der Waals surface area contributed by atoms with Crippen LogP contribution in [-0.4, -0.2) is 54.4 Å². The molecule has 1 heterocycles. The minimum absolute atomic E-state index is 0.0493. The van der Waals surface area contributed by atoms with Crippen molar-refractivity contribution < 1.29 is 14.6 Å². The monoisotopic (exact) mass is 216 g/mol. The van der Waals surface area contributed by atoms with Gasteiger partial charge >= 0.3 is 0 Å². The van der Waals surface area contributed by atoms with Crippen molar-refractivity contribution in [3.63, 3.8) is 0 Å². The summed E-state index contributed by atoms with van der Waals surface area (Å²) in [7, 11) is 0. The molecule has 0 saturated carbocycles. The Morgan fingerprint density at radius 3 is 2.87 bits per heavy atom. The van der Waals surface area contributed by atoms with Gasteiger partial charge in [0, 0.05) is 13.1 Å². The fourth-order valence-electron chi connectivity index (χ4n) is 1.53. The molecule has 1 saturated heterocycles. The van der Waals surface area contributed by atoms with Gasteiger partial charge in [0.05, 0.1) is 25.4 Å². The molecule has 15 heavy (non-hydrogen) atoms. The van der Waals surface area contributed by atoms with E-state index in [0.717, 1.165) is 0 Å². The van der Waals surface area contributed by atoms with Crippen molar-refractivity contribution >= 4 is 5.91 Å². The lowest BCUT2D eigenvalue weighted by Gasteiger charge is -2.34. The molecule has 0 spiro atoms. The van der Waals surface area contributed by atoms with E-state index in [0.29, 0.717) is 19.7 Å². The Balaban J connectivity index is 2.52. The third kappa shape index (κ3) is 3.15. The first kappa shape index (κ1) is 12.4. The van der Waals surface area contributed by atoms with Crippen LogP contribution in [0.5, 0.6) is 0 Å². The Morgan fingerprint density at radius 1 is 1.67 bits per heavy atom. The molecule has 0 radical (unpaired) electrons. The molecule has 1 fully saturated rings. The quantitative estimate of drug-likeness (QED) is 0.647. The van der Waals surface area contributed by atoms with Crippen molar-refractivity contribution in [1.29, 1.82) is 0 Å². The van der Waals surface area contributed by atoms with Gasteiger partial charge < -0.3 is 20.5 Å². The van der Waals surface area contributed by atoms with E-state index < -0.39 is 6.04 Å². The van der Waals surface area contributed by atoms with E-state index in [1.165, 1.54) is 0 Å². The zero-order valence-electron chi connectivity index (χ0n) is 9.35. The van der Waals surface area contributed by atoms with Gasteiger partial charge in [0.15, 0.2) is 0 Å². The second-order valence-corrected chi connectivity index (χ2v) is 4.23. The van der Waals surface area contributed by atoms with Crippen LogP contribution in [0.2, 0.25) is 0 Å². The van der Waals surface area contributed by atoms with Crippen LogP contribution >= 0.6 is 0 Å². The van der Waals surface area contributed by atoms with Crippen molar-refractivity contribution in [3.8, 4) is 0 Å². The van der Waals surface area contributed by atoms with E-state index in [4.69, 9.17) is 15.6 Å². The lowest BCUT2D eigenvalue weighted by Crippen LogP contribution is -2.53. The molecule has 0 aromatic carbocycles. The molecule has 5 nitrogen and oxygen atoms in total. The molecule has 1 rings (SSSR count). The van der Waals surface area contributed by atoms with E-state index >= 15 is 0 Å². The predicted molar refractivity (Wildman–Crippen MR) is 56.2 cm³/mol. The number of hydrogen-bond acceptors (Lipinski definition) is 4. The van der Waals surface area contributed by atoms with Crippen molar-refractivity contribution in [2.75, 3.05) is 26.3 Å². The second-order valence-electron chi connectivity index (χ2n) is 4.23. The van der Waals surface area contributed by atoms with Gasteiger partial charge in [0.2, 0.25) is 5.91 Å².